The number of carbonyl (C=O) groups excluding carboxylic acids is 12. The highest BCUT2D eigenvalue weighted by molar-refractivity contribution is 7.21. The van der Waals surface area contributed by atoms with Gasteiger partial charge in [0, 0.05) is 71.5 Å². The van der Waals surface area contributed by atoms with Crippen LogP contribution in [0.4, 0.5) is 40.0 Å². The zero-order valence-electron chi connectivity index (χ0n) is 52.6. The molecule has 0 aromatic carbocycles. The van der Waals surface area contributed by atoms with E-state index in [1.807, 2.05) is 105 Å². The van der Waals surface area contributed by atoms with Crippen LogP contribution in [0.15, 0.2) is 96.2 Å². The monoisotopic (exact) mass is 1450 g/mol. The lowest BCUT2D eigenvalue weighted by Gasteiger charge is -2.03. The van der Waals surface area contributed by atoms with Crippen molar-refractivity contribution in [2.24, 2.45) is 25.0 Å². The van der Waals surface area contributed by atoms with Crippen LogP contribution in [-0.4, -0.2) is 106 Å². The Balaban J connectivity index is 0.000000607. The lowest BCUT2D eigenvalue weighted by molar-refractivity contribution is -0.193. The smallest absolute Gasteiger partial charge is 0.373 e. The molecule has 24 nitrogen and oxygen atoms in total. The van der Waals surface area contributed by atoms with Crippen LogP contribution >= 0.6 is 90.7 Å². The number of carbonyl (C=O) groups is 4. The summed E-state index contributed by atoms with van der Waals surface area (Å²) in [4.78, 5) is 141. The third kappa shape index (κ3) is 27.5. The van der Waals surface area contributed by atoms with Gasteiger partial charge in [0.2, 0.25) is 0 Å². The molecule has 0 spiro atoms. The first-order chi connectivity index (χ1) is 45.8. The quantitative estimate of drug-likeness (QED) is 0.0322. The molecule has 8 rings (SSSR count). The number of hydrogen-bond acceptors (Lipinski definition) is 32. The molecule has 95 heavy (non-hydrogen) atoms. The van der Waals surface area contributed by atoms with E-state index in [9.17, 15) is 19.2 Å². The minimum atomic E-state index is -0.380. The maximum atomic E-state index is 12.5. The highest BCUT2D eigenvalue weighted by Crippen LogP contribution is 2.44. The van der Waals surface area contributed by atoms with Crippen molar-refractivity contribution in [3.63, 3.8) is 0 Å². The first kappa shape index (κ1) is 83.5. The predicted molar refractivity (Wildman–Crippen MR) is 377 cm³/mol. The van der Waals surface area contributed by atoms with Gasteiger partial charge in [0.1, 0.15) is 46.1 Å². The molecule has 0 bridgehead atoms. The summed E-state index contributed by atoms with van der Waals surface area (Å²) in [6.45, 7) is 23.7. The molecular weight excluding hydrogens is 1380 g/mol. The van der Waals surface area contributed by atoms with Crippen LogP contribution in [0.2, 0.25) is 0 Å². The summed E-state index contributed by atoms with van der Waals surface area (Å²) < 4.78 is 20.3. The first-order valence-corrected chi connectivity index (χ1v) is 34.5. The molecule has 502 valence electrons. The SMILES string of the molecule is C=Cc1ccc(C=Nc2sc(N=C)c(C(=O)OCC)c2CC)s1.CCOC(=O)c1c(N)sc(N)c1CC.CCOC(=O)c1c(N)sc(N=Cc2cccs2)c1CC.CCOC(=O)c1c(N=Cc2cccs2)sc(N=Cc2cccs2)c1CC.O=C=O.O=C=O.O=C=O.O=C=O. The fourth-order valence-electron chi connectivity index (χ4n) is 7.52. The second-order valence-electron chi connectivity index (χ2n) is 16.8. The van der Waals surface area contributed by atoms with Gasteiger partial charge in [-0.1, -0.05) is 92.6 Å². The largest absolute Gasteiger partial charge is 0.462 e. The maximum absolute atomic E-state index is 12.5. The number of rotatable bonds is 22. The summed E-state index contributed by atoms with van der Waals surface area (Å²) in [6.07, 6.45) is 12.8. The van der Waals surface area contributed by atoms with Crippen LogP contribution in [0.1, 0.15) is 143 Å². The van der Waals surface area contributed by atoms with E-state index in [1.54, 1.807) is 91.7 Å². The number of esters is 4. The third-order valence-corrected chi connectivity index (χ3v) is 18.6. The second-order valence-corrected chi connectivity index (χ2v) is 24.9. The number of nitrogens with two attached hydrogens (primary N) is 3. The van der Waals surface area contributed by atoms with Gasteiger partial charge in [0.25, 0.3) is 0 Å². The predicted octanol–water partition coefficient (Wildman–Crippen LogP) is 14.6. The average Bonchev–Trinajstić information content (AvgIpc) is 1.70. The molecule has 8 aromatic rings. The molecule has 0 amide bonds. The van der Waals surface area contributed by atoms with Crippen molar-refractivity contribution in [3.05, 3.63) is 140 Å². The van der Waals surface area contributed by atoms with E-state index in [-0.39, 0.29) is 48.5 Å². The van der Waals surface area contributed by atoms with Crippen molar-refractivity contribution in [2.75, 3.05) is 43.6 Å². The molecule has 8 aromatic heterocycles. The van der Waals surface area contributed by atoms with E-state index in [4.69, 9.17) is 74.5 Å². The fourth-order valence-corrected chi connectivity index (χ4v) is 14.0. The second kappa shape index (κ2) is 48.2. The number of nitrogens with zero attached hydrogens (tertiary/aromatic N) is 5. The van der Waals surface area contributed by atoms with E-state index >= 15 is 0 Å². The minimum absolute atomic E-state index is 0.250. The van der Waals surface area contributed by atoms with Crippen LogP contribution in [0.5, 0.6) is 0 Å². The molecule has 6 N–H and O–H groups in total. The van der Waals surface area contributed by atoms with Gasteiger partial charge in [-0.15, -0.1) is 56.7 Å². The highest BCUT2D eigenvalue weighted by atomic mass is 32.1. The molecule has 0 unspecified atom stereocenters. The molecule has 0 aliphatic carbocycles. The van der Waals surface area contributed by atoms with Crippen LogP contribution in [0, 0.1) is 0 Å². The molecule has 8 heterocycles. The van der Waals surface area contributed by atoms with Gasteiger partial charge in [-0.05, 0) is 107 Å². The van der Waals surface area contributed by atoms with Crippen LogP contribution < -0.4 is 17.2 Å². The van der Waals surface area contributed by atoms with Crippen LogP contribution in [0.3, 0.4) is 0 Å². The Morgan fingerprint density at radius 2 is 0.705 bits per heavy atom. The molecule has 32 heteroatoms. The van der Waals surface area contributed by atoms with Crippen molar-refractivity contribution < 1.29 is 76.5 Å². The maximum Gasteiger partial charge on any atom is 0.373 e. The highest BCUT2D eigenvalue weighted by Gasteiger charge is 2.26. The summed E-state index contributed by atoms with van der Waals surface area (Å²) >= 11 is 11.8. The molecule has 0 aliphatic rings. The summed E-state index contributed by atoms with van der Waals surface area (Å²) in [5, 5.41) is 11.1. The van der Waals surface area contributed by atoms with E-state index < -0.39 is 0 Å². The van der Waals surface area contributed by atoms with Gasteiger partial charge in [-0.25, -0.2) is 39.1 Å². The summed E-state index contributed by atoms with van der Waals surface area (Å²) in [7, 11) is 0. The zero-order chi connectivity index (χ0) is 71.3. The number of hydrogen-bond donors (Lipinski definition) is 3. The topological polar surface area (TPSA) is 382 Å². The van der Waals surface area contributed by atoms with E-state index in [0.717, 1.165) is 61.6 Å². The minimum Gasteiger partial charge on any atom is -0.462 e. The van der Waals surface area contributed by atoms with E-state index in [0.29, 0.717) is 99.4 Å². The van der Waals surface area contributed by atoms with Gasteiger partial charge in [-0.3, -0.25) is 4.99 Å². The lowest BCUT2D eigenvalue weighted by atomic mass is 10.1. The van der Waals surface area contributed by atoms with Crippen LogP contribution in [0.25, 0.3) is 6.08 Å². The van der Waals surface area contributed by atoms with Gasteiger partial charge < -0.3 is 36.1 Å². The standard InChI is InChI=1S/C19H18N2O2S3.C17H18N2O2S2.C14H16N2O2S2.C9H14N2O2S.4CO2/c1-3-15-16(19(22)23-4-2)18(21-12-14-8-6-10-25-14)26-17(15)20-11-13-7-5-9-24-13;1-5-11-8-9-12(22-11)10-19-15-13(6-2)14(16(18-4)23-15)17(20)21-7-3;1-3-10-11(14(17)18-4-2)12(15)20-13(10)16-8-9-6-5-7-19-9;1-3-5-6(9(12)13-4-2)8(11)14-7(5)10;4*2-1-3/h5-12H,3-4H2,1-2H3;5,8-10H,1,4,6-7H2,2-3H3;5-8H,3-4,15H2,1-2H3;3-4,10-11H2,1-2H3;;;;. The van der Waals surface area contributed by atoms with Gasteiger partial charge in [-0.2, -0.15) is 38.4 Å². The van der Waals surface area contributed by atoms with Gasteiger partial charge in [0.05, 0.1) is 42.6 Å². The van der Waals surface area contributed by atoms with Gasteiger partial charge in [0.15, 0.2) is 0 Å². The number of aliphatic imine (C=N–C) groups is 5. The molecule has 0 aliphatic heterocycles. The Hall–Kier alpha value is -9.51. The average molecular weight is 1450 g/mol. The van der Waals surface area contributed by atoms with Crippen molar-refractivity contribution in [3.8, 4) is 0 Å². The Bertz CT molecular complexity index is 3910. The normalized spacial score (nSPS) is 9.98. The molecule has 0 saturated heterocycles. The molecule has 0 fully saturated rings. The van der Waals surface area contributed by atoms with Crippen molar-refractivity contribution in [1.82, 2.24) is 0 Å². The van der Waals surface area contributed by atoms with E-state index in [1.165, 1.54) is 45.3 Å². The zero-order valence-corrected chi connectivity index (χ0v) is 59.1. The van der Waals surface area contributed by atoms with E-state index in [2.05, 4.69) is 38.3 Å². The number of ether oxygens (including phenoxy) is 4. The van der Waals surface area contributed by atoms with Crippen molar-refractivity contribution >= 4 is 217 Å². The van der Waals surface area contributed by atoms with Crippen molar-refractivity contribution in [1.29, 1.82) is 0 Å². The third-order valence-electron chi connectivity index (χ3n) is 11.2. The number of anilines is 3. The molecule has 0 radical (unpaired) electrons. The lowest BCUT2D eigenvalue weighted by Crippen LogP contribution is -2.08. The molecule has 0 atom stereocenters. The number of thiophene rings is 8. The molecular formula is C63H66N8O16S8. The number of nitrogen functional groups attached to an aromatic ring is 3. The van der Waals surface area contributed by atoms with Gasteiger partial charge >= 0.3 is 48.5 Å². The summed E-state index contributed by atoms with van der Waals surface area (Å²) in [6, 6.07) is 15.9. The Kier molecular flexibility index (Phi) is 42.4. The summed E-state index contributed by atoms with van der Waals surface area (Å²) in [5.74, 6) is -1.45. The van der Waals surface area contributed by atoms with Crippen molar-refractivity contribution in [2.45, 2.75) is 81.1 Å². The Morgan fingerprint density at radius 3 is 1.04 bits per heavy atom. The first-order valence-electron chi connectivity index (χ1n) is 27.8. The van der Waals surface area contributed by atoms with Crippen LogP contribution in [-0.2, 0) is 83.0 Å². The summed E-state index contributed by atoms with van der Waals surface area (Å²) in [5.41, 5.74) is 22.7. The fraction of sp³-hybridized carbons (Fsp3) is 0.254. The Labute approximate surface area is 579 Å². The Morgan fingerprint density at radius 1 is 0.400 bits per heavy atom. The molecule has 0 saturated carbocycles.